The van der Waals surface area contributed by atoms with Gasteiger partial charge in [-0.05, 0) is 45.2 Å². The van der Waals surface area contributed by atoms with Crippen LogP contribution in [0.5, 0.6) is 5.75 Å². The Balaban J connectivity index is 0.00000132. The van der Waals surface area contributed by atoms with E-state index in [1.54, 1.807) is 12.3 Å². The number of amides is 1. The molecular weight excluding hydrogens is 337 g/mol. The van der Waals surface area contributed by atoms with Crippen LogP contribution in [-0.4, -0.2) is 47.1 Å². The predicted molar refractivity (Wildman–Crippen MR) is 95.0 cm³/mol. The Hall–Kier alpha value is -1.04. The normalized spacial score (nSPS) is 22.8. The van der Waals surface area contributed by atoms with Crippen molar-refractivity contribution in [2.45, 2.75) is 51.3 Å². The lowest BCUT2D eigenvalue weighted by Crippen LogP contribution is -2.39. The minimum Gasteiger partial charge on any atom is -0.489 e. The highest BCUT2D eigenvalue weighted by molar-refractivity contribution is 5.95. The van der Waals surface area contributed by atoms with Crippen molar-refractivity contribution < 1.29 is 9.53 Å². The molecule has 0 aromatic carbocycles. The van der Waals surface area contributed by atoms with Crippen LogP contribution in [-0.2, 0) is 0 Å². The maximum Gasteiger partial charge on any atom is 0.276 e. The van der Waals surface area contributed by atoms with Crippen molar-refractivity contribution in [2.75, 3.05) is 13.1 Å². The van der Waals surface area contributed by atoms with Crippen molar-refractivity contribution in [1.29, 1.82) is 0 Å². The third-order valence-electron chi connectivity index (χ3n) is 4.15. The molecule has 0 spiro atoms. The molecule has 2 aliphatic rings. The van der Waals surface area contributed by atoms with Gasteiger partial charge in [0.15, 0.2) is 11.4 Å². The van der Waals surface area contributed by atoms with Crippen LogP contribution in [0.1, 0.15) is 43.6 Å². The largest absolute Gasteiger partial charge is 0.489 e. The molecular formula is C16H25Cl2N3O2. The molecule has 2 unspecified atom stereocenters. The lowest BCUT2D eigenvalue weighted by Gasteiger charge is -2.25. The van der Waals surface area contributed by atoms with Crippen molar-refractivity contribution in [3.05, 3.63) is 24.0 Å². The zero-order valence-corrected chi connectivity index (χ0v) is 15.2. The van der Waals surface area contributed by atoms with Crippen LogP contribution in [0.25, 0.3) is 0 Å². The average Bonchev–Trinajstić information content (AvgIpc) is 2.77. The second-order valence-corrected chi connectivity index (χ2v) is 6.19. The molecule has 2 aliphatic heterocycles. The average molecular weight is 362 g/mol. The quantitative estimate of drug-likeness (QED) is 0.898. The van der Waals surface area contributed by atoms with Gasteiger partial charge in [-0.15, -0.1) is 24.8 Å². The van der Waals surface area contributed by atoms with Crippen LogP contribution in [0.3, 0.4) is 0 Å². The molecule has 1 amide bonds. The molecule has 5 nitrogen and oxygen atoms in total. The molecule has 3 rings (SSSR count). The van der Waals surface area contributed by atoms with Crippen molar-refractivity contribution in [3.63, 3.8) is 0 Å². The fraction of sp³-hybridized carbons (Fsp3) is 0.625. The Morgan fingerprint density at radius 2 is 2.04 bits per heavy atom. The first-order valence-corrected chi connectivity index (χ1v) is 7.80. The van der Waals surface area contributed by atoms with Gasteiger partial charge in [-0.2, -0.15) is 0 Å². The van der Waals surface area contributed by atoms with Gasteiger partial charge < -0.3 is 15.0 Å². The molecule has 130 valence electrons. The highest BCUT2D eigenvalue weighted by atomic mass is 35.5. The van der Waals surface area contributed by atoms with E-state index in [-0.39, 0.29) is 36.8 Å². The number of ether oxygens (including phenoxy) is 1. The molecule has 0 radical (unpaired) electrons. The van der Waals surface area contributed by atoms with Crippen molar-refractivity contribution in [2.24, 2.45) is 0 Å². The summed E-state index contributed by atoms with van der Waals surface area (Å²) in [7, 11) is 0. The molecule has 2 saturated heterocycles. The minimum absolute atomic E-state index is 0. The van der Waals surface area contributed by atoms with Crippen LogP contribution in [0.2, 0.25) is 0 Å². The summed E-state index contributed by atoms with van der Waals surface area (Å²) < 4.78 is 5.72. The fourth-order valence-corrected chi connectivity index (χ4v) is 3.18. The predicted octanol–water partition coefficient (Wildman–Crippen LogP) is 2.68. The number of carbonyl (C=O) groups is 1. The molecule has 0 aliphatic carbocycles. The number of pyridine rings is 1. The highest BCUT2D eigenvalue weighted by Crippen LogP contribution is 2.24. The van der Waals surface area contributed by atoms with E-state index in [9.17, 15) is 4.79 Å². The van der Waals surface area contributed by atoms with Gasteiger partial charge in [-0.3, -0.25) is 4.79 Å². The summed E-state index contributed by atoms with van der Waals surface area (Å²) in [4.78, 5) is 19.0. The number of nitrogens with zero attached hydrogens (tertiary/aromatic N) is 2. The van der Waals surface area contributed by atoms with Gasteiger partial charge in [0, 0.05) is 31.4 Å². The van der Waals surface area contributed by atoms with Gasteiger partial charge in [0.1, 0.15) is 0 Å². The molecule has 2 fully saturated rings. The van der Waals surface area contributed by atoms with Gasteiger partial charge in [0.2, 0.25) is 0 Å². The number of likely N-dealkylation sites (tertiary alicyclic amines) is 1. The zero-order chi connectivity index (χ0) is 14.8. The molecule has 2 atom stereocenters. The Morgan fingerprint density at radius 3 is 2.78 bits per heavy atom. The smallest absolute Gasteiger partial charge is 0.276 e. The second-order valence-electron chi connectivity index (χ2n) is 6.19. The zero-order valence-electron chi connectivity index (χ0n) is 13.5. The maximum absolute atomic E-state index is 12.8. The van der Waals surface area contributed by atoms with E-state index in [0.29, 0.717) is 23.5 Å². The molecule has 7 heteroatoms. The fourth-order valence-electron chi connectivity index (χ4n) is 3.18. The number of fused-ring (bicyclic) bond motifs is 2. The molecule has 1 aromatic rings. The first-order valence-electron chi connectivity index (χ1n) is 7.80. The molecule has 0 saturated carbocycles. The van der Waals surface area contributed by atoms with Gasteiger partial charge in [-0.25, -0.2) is 4.98 Å². The van der Waals surface area contributed by atoms with Gasteiger partial charge >= 0.3 is 0 Å². The molecule has 23 heavy (non-hydrogen) atoms. The SMILES string of the molecule is CC(C)Oc1cccnc1C(=O)N1CCC2CCC(C1)N2.Cl.Cl. The standard InChI is InChI=1S/C16H23N3O2.2ClH/c1-11(2)21-14-4-3-8-17-15(14)16(20)19-9-7-12-5-6-13(10-19)18-12;;/h3-4,8,11-13,18H,5-7,9-10H2,1-2H3;2*1H. The Kier molecular flexibility index (Phi) is 7.58. The number of hydrogen-bond acceptors (Lipinski definition) is 4. The number of aromatic nitrogens is 1. The summed E-state index contributed by atoms with van der Waals surface area (Å²) in [6.45, 7) is 5.48. The van der Waals surface area contributed by atoms with E-state index in [1.165, 1.54) is 6.42 Å². The van der Waals surface area contributed by atoms with Crippen molar-refractivity contribution in [1.82, 2.24) is 15.2 Å². The molecule has 1 aromatic heterocycles. The summed E-state index contributed by atoms with van der Waals surface area (Å²) >= 11 is 0. The Morgan fingerprint density at radius 1 is 1.30 bits per heavy atom. The van der Waals surface area contributed by atoms with Crippen LogP contribution < -0.4 is 10.1 Å². The summed E-state index contributed by atoms with van der Waals surface area (Å²) in [5.74, 6) is 0.570. The monoisotopic (exact) mass is 361 g/mol. The van der Waals surface area contributed by atoms with Gasteiger partial charge in [-0.1, -0.05) is 0 Å². The Bertz CT molecular complexity index is 528. The summed E-state index contributed by atoms with van der Waals surface area (Å²) in [5.41, 5.74) is 0.434. The minimum atomic E-state index is -0.0133. The molecule has 3 heterocycles. The number of hydrogen-bond donors (Lipinski definition) is 1. The lowest BCUT2D eigenvalue weighted by atomic mass is 10.1. The summed E-state index contributed by atoms with van der Waals surface area (Å²) in [6.07, 6.45) is 5.10. The van der Waals surface area contributed by atoms with E-state index < -0.39 is 0 Å². The third-order valence-corrected chi connectivity index (χ3v) is 4.15. The summed E-state index contributed by atoms with van der Waals surface area (Å²) in [6, 6.07) is 4.63. The topological polar surface area (TPSA) is 54.5 Å². The number of carbonyl (C=O) groups excluding carboxylic acids is 1. The molecule has 2 bridgehead atoms. The van der Waals surface area contributed by atoms with E-state index in [0.717, 1.165) is 25.9 Å². The summed E-state index contributed by atoms with van der Waals surface area (Å²) in [5, 5.41) is 3.59. The Labute approximate surface area is 150 Å². The van der Waals surface area contributed by atoms with Crippen LogP contribution in [0.4, 0.5) is 0 Å². The van der Waals surface area contributed by atoms with Crippen LogP contribution in [0.15, 0.2) is 18.3 Å². The number of nitrogens with one attached hydrogen (secondary N) is 1. The molecule has 1 N–H and O–H groups in total. The van der Waals surface area contributed by atoms with E-state index in [4.69, 9.17) is 4.74 Å². The first kappa shape index (κ1) is 20.0. The second kappa shape index (κ2) is 8.71. The third kappa shape index (κ3) is 4.72. The van der Waals surface area contributed by atoms with E-state index in [1.807, 2.05) is 24.8 Å². The van der Waals surface area contributed by atoms with Crippen molar-refractivity contribution >= 4 is 30.7 Å². The van der Waals surface area contributed by atoms with E-state index in [2.05, 4.69) is 10.3 Å². The maximum atomic E-state index is 12.8. The number of rotatable bonds is 3. The van der Waals surface area contributed by atoms with Gasteiger partial charge in [0.25, 0.3) is 5.91 Å². The van der Waals surface area contributed by atoms with Crippen LogP contribution in [0, 0.1) is 0 Å². The van der Waals surface area contributed by atoms with Gasteiger partial charge in [0.05, 0.1) is 6.10 Å². The van der Waals surface area contributed by atoms with Crippen molar-refractivity contribution in [3.8, 4) is 5.75 Å². The number of halogens is 2. The first-order chi connectivity index (χ1) is 10.1. The highest BCUT2D eigenvalue weighted by Gasteiger charge is 2.32. The van der Waals surface area contributed by atoms with Crippen LogP contribution >= 0.6 is 24.8 Å². The van der Waals surface area contributed by atoms with E-state index >= 15 is 0 Å². The lowest BCUT2D eigenvalue weighted by molar-refractivity contribution is 0.0735.